The molecule has 0 aliphatic heterocycles. The maximum Gasteiger partial charge on any atom is 0.123 e. The van der Waals surface area contributed by atoms with Crippen molar-refractivity contribution in [3.8, 4) is 0 Å². The Morgan fingerprint density at radius 3 is 2.29 bits per heavy atom. The topological polar surface area (TPSA) is 30.7 Å². The van der Waals surface area contributed by atoms with Crippen LogP contribution < -0.4 is 0 Å². The molecule has 84 valence electrons. The van der Waals surface area contributed by atoms with Gasteiger partial charge in [-0.05, 0) is 29.8 Å². The average Bonchev–Trinajstić information content (AvgIpc) is 2.71. The highest BCUT2D eigenvalue weighted by atomic mass is 19.1. The Labute approximate surface area is 97.5 Å². The predicted octanol–water partition coefficient (Wildman–Crippen LogP) is 2.62. The Morgan fingerprint density at radius 2 is 1.65 bits per heavy atom. The Morgan fingerprint density at radius 1 is 0.941 bits per heavy atom. The summed E-state index contributed by atoms with van der Waals surface area (Å²) in [5, 5.41) is 8.64. The van der Waals surface area contributed by atoms with Gasteiger partial charge in [-0.3, -0.25) is 0 Å². The average molecular weight is 227 g/mol. The molecule has 1 aromatic heterocycles. The van der Waals surface area contributed by atoms with Crippen LogP contribution in [0.3, 0.4) is 0 Å². The Kier molecular flexibility index (Phi) is 2.33. The molecule has 0 amide bonds. The molecule has 3 rings (SSSR count). The van der Waals surface area contributed by atoms with Crippen molar-refractivity contribution in [3.05, 3.63) is 59.9 Å². The van der Waals surface area contributed by atoms with Crippen LogP contribution in [0, 0.1) is 5.82 Å². The first-order valence-electron chi connectivity index (χ1n) is 5.35. The van der Waals surface area contributed by atoms with Gasteiger partial charge < -0.3 is 0 Å². The second-order valence-electron chi connectivity index (χ2n) is 3.85. The van der Waals surface area contributed by atoms with Crippen molar-refractivity contribution in [2.75, 3.05) is 0 Å². The molecular formula is C13H10FN3. The molecule has 3 nitrogen and oxygen atoms in total. The van der Waals surface area contributed by atoms with Crippen LogP contribution >= 0.6 is 0 Å². The summed E-state index contributed by atoms with van der Waals surface area (Å²) in [6, 6.07) is 14.1. The maximum absolute atomic E-state index is 13.0. The van der Waals surface area contributed by atoms with E-state index in [0.717, 1.165) is 16.6 Å². The van der Waals surface area contributed by atoms with Gasteiger partial charge in [0.2, 0.25) is 0 Å². The van der Waals surface area contributed by atoms with Crippen LogP contribution in [0.25, 0.3) is 11.0 Å². The molecule has 0 saturated carbocycles. The summed E-state index contributed by atoms with van der Waals surface area (Å²) >= 11 is 0. The van der Waals surface area contributed by atoms with Gasteiger partial charge in [-0.2, -0.15) is 15.0 Å². The van der Waals surface area contributed by atoms with Crippen LogP contribution in [-0.2, 0) is 6.54 Å². The molecule has 0 spiro atoms. The summed E-state index contributed by atoms with van der Waals surface area (Å²) in [6.07, 6.45) is 0. The van der Waals surface area contributed by atoms with E-state index in [-0.39, 0.29) is 5.82 Å². The molecule has 4 heteroatoms. The fourth-order valence-corrected chi connectivity index (χ4v) is 1.77. The van der Waals surface area contributed by atoms with Crippen molar-refractivity contribution in [1.29, 1.82) is 0 Å². The van der Waals surface area contributed by atoms with Crippen LogP contribution in [0.15, 0.2) is 48.5 Å². The highest BCUT2D eigenvalue weighted by Crippen LogP contribution is 2.09. The molecule has 0 N–H and O–H groups in total. The predicted molar refractivity (Wildman–Crippen MR) is 63.0 cm³/mol. The van der Waals surface area contributed by atoms with E-state index in [1.54, 1.807) is 10.9 Å². The van der Waals surface area contributed by atoms with Gasteiger partial charge >= 0.3 is 0 Å². The minimum Gasteiger partial charge on any atom is -0.207 e. The van der Waals surface area contributed by atoms with Gasteiger partial charge in [0.1, 0.15) is 16.9 Å². The number of fused-ring (bicyclic) bond motifs is 1. The molecule has 0 fully saturated rings. The zero-order chi connectivity index (χ0) is 11.7. The van der Waals surface area contributed by atoms with Gasteiger partial charge in [0.25, 0.3) is 0 Å². The standard InChI is InChI=1S/C13H10FN3/c14-11-5-3-4-10(8-11)9-17-15-12-6-1-2-7-13(12)16-17/h1-8H,9H2. The zero-order valence-corrected chi connectivity index (χ0v) is 9.05. The highest BCUT2D eigenvalue weighted by molar-refractivity contribution is 5.72. The minimum absolute atomic E-state index is 0.237. The van der Waals surface area contributed by atoms with E-state index in [1.807, 2.05) is 30.3 Å². The number of halogens is 1. The highest BCUT2D eigenvalue weighted by Gasteiger charge is 2.02. The molecule has 0 aliphatic rings. The lowest BCUT2D eigenvalue weighted by atomic mass is 10.2. The quantitative estimate of drug-likeness (QED) is 0.673. The molecule has 0 saturated heterocycles. The Hall–Kier alpha value is -2.23. The second-order valence-corrected chi connectivity index (χ2v) is 3.85. The number of aromatic nitrogens is 3. The lowest BCUT2D eigenvalue weighted by molar-refractivity contribution is 0.589. The molecule has 0 aliphatic carbocycles. The van der Waals surface area contributed by atoms with E-state index in [4.69, 9.17) is 0 Å². The lowest BCUT2D eigenvalue weighted by Crippen LogP contribution is -2.03. The Balaban J connectivity index is 1.94. The van der Waals surface area contributed by atoms with E-state index in [1.165, 1.54) is 12.1 Å². The molecule has 0 radical (unpaired) electrons. The van der Waals surface area contributed by atoms with Gasteiger partial charge in [0.05, 0.1) is 6.54 Å². The first kappa shape index (κ1) is 9.96. The molecular weight excluding hydrogens is 217 g/mol. The number of hydrogen-bond acceptors (Lipinski definition) is 2. The van der Waals surface area contributed by atoms with Crippen molar-refractivity contribution < 1.29 is 4.39 Å². The lowest BCUT2D eigenvalue weighted by Gasteiger charge is -1.99. The van der Waals surface area contributed by atoms with E-state index in [2.05, 4.69) is 10.2 Å². The normalized spacial score (nSPS) is 10.9. The minimum atomic E-state index is -0.237. The number of benzene rings is 2. The third-order valence-corrected chi connectivity index (χ3v) is 2.54. The number of hydrogen-bond donors (Lipinski definition) is 0. The third-order valence-electron chi connectivity index (χ3n) is 2.54. The van der Waals surface area contributed by atoms with Gasteiger partial charge in [0.15, 0.2) is 0 Å². The smallest absolute Gasteiger partial charge is 0.123 e. The third kappa shape index (κ3) is 2.01. The molecule has 0 atom stereocenters. The maximum atomic E-state index is 13.0. The van der Waals surface area contributed by atoms with Crippen LogP contribution in [0.5, 0.6) is 0 Å². The van der Waals surface area contributed by atoms with Crippen molar-refractivity contribution in [2.45, 2.75) is 6.54 Å². The largest absolute Gasteiger partial charge is 0.207 e. The Bertz CT molecular complexity index is 627. The van der Waals surface area contributed by atoms with Crippen LogP contribution in [-0.4, -0.2) is 15.0 Å². The number of rotatable bonds is 2. The van der Waals surface area contributed by atoms with Crippen molar-refractivity contribution in [2.24, 2.45) is 0 Å². The van der Waals surface area contributed by atoms with E-state index >= 15 is 0 Å². The van der Waals surface area contributed by atoms with Gasteiger partial charge in [0, 0.05) is 0 Å². The molecule has 17 heavy (non-hydrogen) atoms. The molecule has 3 aromatic rings. The zero-order valence-electron chi connectivity index (χ0n) is 9.05. The first-order valence-corrected chi connectivity index (χ1v) is 5.35. The van der Waals surface area contributed by atoms with Crippen molar-refractivity contribution in [3.63, 3.8) is 0 Å². The first-order chi connectivity index (χ1) is 8.31. The van der Waals surface area contributed by atoms with Gasteiger partial charge in [-0.15, -0.1) is 0 Å². The summed E-state index contributed by atoms with van der Waals surface area (Å²) in [5.74, 6) is -0.237. The molecule has 2 aromatic carbocycles. The van der Waals surface area contributed by atoms with Crippen molar-refractivity contribution in [1.82, 2.24) is 15.0 Å². The van der Waals surface area contributed by atoms with Crippen molar-refractivity contribution >= 4 is 11.0 Å². The summed E-state index contributed by atoms with van der Waals surface area (Å²) < 4.78 is 13.0. The summed E-state index contributed by atoms with van der Waals surface area (Å²) in [5.41, 5.74) is 2.55. The number of nitrogens with zero attached hydrogens (tertiary/aromatic N) is 3. The van der Waals surface area contributed by atoms with Gasteiger partial charge in [-0.25, -0.2) is 4.39 Å². The molecule has 0 unspecified atom stereocenters. The molecule has 1 heterocycles. The SMILES string of the molecule is Fc1cccc(Cn2nc3ccccc3n2)c1. The van der Waals surface area contributed by atoms with E-state index in [9.17, 15) is 4.39 Å². The van der Waals surface area contributed by atoms with E-state index < -0.39 is 0 Å². The monoisotopic (exact) mass is 227 g/mol. The fraction of sp³-hybridized carbons (Fsp3) is 0.0769. The van der Waals surface area contributed by atoms with Crippen LogP contribution in [0.4, 0.5) is 4.39 Å². The van der Waals surface area contributed by atoms with Crippen LogP contribution in [0.2, 0.25) is 0 Å². The van der Waals surface area contributed by atoms with Gasteiger partial charge in [-0.1, -0.05) is 24.3 Å². The molecule has 0 bridgehead atoms. The summed E-state index contributed by atoms with van der Waals surface area (Å²) in [6.45, 7) is 0.479. The second kappa shape index (κ2) is 3.97. The van der Waals surface area contributed by atoms with E-state index in [0.29, 0.717) is 6.54 Å². The summed E-state index contributed by atoms with van der Waals surface area (Å²) in [7, 11) is 0. The van der Waals surface area contributed by atoms with Crippen LogP contribution in [0.1, 0.15) is 5.56 Å². The fourth-order valence-electron chi connectivity index (χ4n) is 1.77. The summed E-state index contributed by atoms with van der Waals surface area (Å²) in [4.78, 5) is 1.58.